The van der Waals surface area contributed by atoms with E-state index in [0.717, 1.165) is 31.3 Å². The summed E-state index contributed by atoms with van der Waals surface area (Å²) in [4.78, 5) is 0. The second-order valence-corrected chi connectivity index (χ2v) is 4.49. The molecule has 2 heteroatoms. The summed E-state index contributed by atoms with van der Waals surface area (Å²) >= 11 is 0. The Labute approximate surface area is 81.0 Å². The summed E-state index contributed by atoms with van der Waals surface area (Å²) in [5, 5.41) is 3.58. The summed E-state index contributed by atoms with van der Waals surface area (Å²) < 4.78 is 5.97. The molecule has 0 aromatic heterocycles. The molecule has 76 valence electrons. The van der Waals surface area contributed by atoms with Crippen molar-refractivity contribution in [1.29, 1.82) is 0 Å². The molecule has 1 aliphatic carbocycles. The van der Waals surface area contributed by atoms with Crippen LogP contribution in [-0.2, 0) is 4.74 Å². The van der Waals surface area contributed by atoms with Crippen molar-refractivity contribution >= 4 is 0 Å². The molecule has 1 saturated heterocycles. The van der Waals surface area contributed by atoms with Crippen molar-refractivity contribution in [3.05, 3.63) is 0 Å². The zero-order valence-electron chi connectivity index (χ0n) is 8.81. The summed E-state index contributed by atoms with van der Waals surface area (Å²) in [6, 6.07) is 0. The van der Waals surface area contributed by atoms with E-state index in [2.05, 4.69) is 19.2 Å². The Hall–Kier alpha value is -0.0800. The van der Waals surface area contributed by atoms with Crippen LogP contribution < -0.4 is 5.32 Å². The molecule has 13 heavy (non-hydrogen) atoms. The first kappa shape index (κ1) is 9.47. The van der Waals surface area contributed by atoms with Gasteiger partial charge in [0.1, 0.15) is 5.72 Å². The van der Waals surface area contributed by atoms with Crippen molar-refractivity contribution in [3.63, 3.8) is 0 Å². The van der Waals surface area contributed by atoms with Gasteiger partial charge in [-0.25, -0.2) is 0 Å². The molecule has 2 nitrogen and oxygen atoms in total. The summed E-state index contributed by atoms with van der Waals surface area (Å²) in [6.45, 7) is 6.56. The highest BCUT2D eigenvalue weighted by atomic mass is 16.5. The number of rotatable bonds is 3. The highest BCUT2D eigenvalue weighted by molar-refractivity contribution is 4.89. The number of nitrogens with one attached hydrogen (secondary N) is 1. The summed E-state index contributed by atoms with van der Waals surface area (Å²) in [6.07, 6.45) is 5.03. The molecular formula is C11H21NO. The first-order valence-corrected chi connectivity index (χ1v) is 5.68. The van der Waals surface area contributed by atoms with Gasteiger partial charge in [-0.1, -0.05) is 13.8 Å². The predicted octanol–water partition coefficient (Wildman–Crippen LogP) is 2.15. The molecule has 1 atom stereocenters. The second kappa shape index (κ2) is 3.58. The molecule has 1 saturated carbocycles. The van der Waals surface area contributed by atoms with Crippen LogP contribution in [0.15, 0.2) is 0 Å². The minimum absolute atomic E-state index is 0.00535. The molecule has 2 aliphatic rings. The Kier molecular flexibility index (Phi) is 2.61. The highest BCUT2D eigenvalue weighted by Gasteiger charge is 2.38. The molecule has 1 aliphatic heterocycles. The van der Waals surface area contributed by atoms with E-state index in [1.807, 2.05) is 0 Å². The lowest BCUT2D eigenvalue weighted by Gasteiger charge is -2.40. The fourth-order valence-corrected chi connectivity index (χ4v) is 2.27. The van der Waals surface area contributed by atoms with Gasteiger partial charge in [0.2, 0.25) is 0 Å². The third kappa shape index (κ3) is 1.89. The van der Waals surface area contributed by atoms with E-state index in [0.29, 0.717) is 0 Å². The van der Waals surface area contributed by atoms with Gasteiger partial charge in [0, 0.05) is 6.54 Å². The Balaban J connectivity index is 1.86. The quantitative estimate of drug-likeness (QED) is 0.724. The normalized spacial score (nSPS) is 33.2. The van der Waals surface area contributed by atoms with Crippen molar-refractivity contribution in [2.75, 3.05) is 13.2 Å². The third-order valence-corrected chi connectivity index (χ3v) is 3.69. The van der Waals surface area contributed by atoms with Crippen molar-refractivity contribution in [2.24, 2.45) is 11.8 Å². The van der Waals surface area contributed by atoms with Gasteiger partial charge >= 0.3 is 0 Å². The molecule has 0 aromatic carbocycles. The van der Waals surface area contributed by atoms with Gasteiger partial charge in [0.15, 0.2) is 0 Å². The Morgan fingerprint density at radius 2 is 1.92 bits per heavy atom. The third-order valence-electron chi connectivity index (χ3n) is 3.69. The van der Waals surface area contributed by atoms with Crippen LogP contribution in [0.1, 0.15) is 39.5 Å². The lowest BCUT2D eigenvalue weighted by molar-refractivity contribution is -0.123. The average molecular weight is 183 g/mol. The highest BCUT2D eigenvalue weighted by Crippen LogP contribution is 2.39. The van der Waals surface area contributed by atoms with Crippen molar-refractivity contribution < 1.29 is 4.74 Å². The second-order valence-electron chi connectivity index (χ2n) is 4.49. The molecule has 2 fully saturated rings. The van der Waals surface area contributed by atoms with E-state index < -0.39 is 0 Å². The molecule has 0 amide bonds. The number of hydrogen-bond acceptors (Lipinski definition) is 2. The van der Waals surface area contributed by atoms with Gasteiger partial charge in [-0.15, -0.1) is 0 Å². The average Bonchev–Trinajstić information content (AvgIpc) is 3.02. The minimum atomic E-state index is 0.00535. The molecule has 0 bridgehead atoms. The predicted molar refractivity (Wildman–Crippen MR) is 53.5 cm³/mol. The van der Waals surface area contributed by atoms with Crippen LogP contribution in [0.3, 0.4) is 0 Å². The van der Waals surface area contributed by atoms with Crippen LogP contribution in [0.25, 0.3) is 0 Å². The monoisotopic (exact) mass is 183 g/mol. The zero-order chi connectivity index (χ0) is 9.31. The molecule has 1 N–H and O–H groups in total. The van der Waals surface area contributed by atoms with E-state index >= 15 is 0 Å². The molecule has 2 rings (SSSR count). The van der Waals surface area contributed by atoms with Gasteiger partial charge in [-0.3, -0.25) is 5.32 Å². The van der Waals surface area contributed by atoms with Gasteiger partial charge < -0.3 is 4.74 Å². The molecule has 1 heterocycles. The fraction of sp³-hybridized carbons (Fsp3) is 1.00. The van der Waals surface area contributed by atoms with Gasteiger partial charge in [0.05, 0.1) is 6.61 Å². The van der Waals surface area contributed by atoms with E-state index in [9.17, 15) is 0 Å². The first-order chi connectivity index (χ1) is 6.29. The number of ether oxygens (including phenoxy) is 1. The Morgan fingerprint density at radius 3 is 2.31 bits per heavy atom. The molecule has 0 radical (unpaired) electrons. The Morgan fingerprint density at radius 1 is 1.23 bits per heavy atom. The van der Waals surface area contributed by atoms with Crippen LogP contribution in [-0.4, -0.2) is 18.9 Å². The van der Waals surface area contributed by atoms with E-state index in [1.165, 1.54) is 19.4 Å². The van der Waals surface area contributed by atoms with Crippen LogP contribution in [0.2, 0.25) is 0 Å². The van der Waals surface area contributed by atoms with Crippen LogP contribution in [0, 0.1) is 11.8 Å². The largest absolute Gasteiger partial charge is 0.360 e. The molecule has 0 spiro atoms. The van der Waals surface area contributed by atoms with E-state index in [-0.39, 0.29) is 5.72 Å². The van der Waals surface area contributed by atoms with Crippen LogP contribution in [0.5, 0.6) is 0 Å². The lowest BCUT2D eigenvalue weighted by atomic mass is 9.98. The summed E-state index contributed by atoms with van der Waals surface area (Å²) in [5.41, 5.74) is 0.00535. The lowest BCUT2D eigenvalue weighted by Crippen LogP contribution is -2.54. The number of hydrogen-bond donors (Lipinski definition) is 1. The zero-order valence-corrected chi connectivity index (χ0v) is 8.81. The van der Waals surface area contributed by atoms with E-state index in [1.54, 1.807) is 0 Å². The van der Waals surface area contributed by atoms with Crippen molar-refractivity contribution in [3.8, 4) is 0 Å². The SMILES string of the molecule is CCC1(CC)NCC(C2CC2)CO1. The summed E-state index contributed by atoms with van der Waals surface area (Å²) in [7, 11) is 0. The maximum absolute atomic E-state index is 5.97. The molecule has 1 unspecified atom stereocenters. The summed E-state index contributed by atoms with van der Waals surface area (Å²) in [5.74, 6) is 1.77. The van der Waals surface area contributed by atoms with Crippen molar-refractivity contribution in [2.45, 2.75) is 45.3 Å². The smallest absolute Gasteiger partial charge is 0.118 e. The maximum Gasteiger partial charge on any atom is 0.118 e. The first-order valence-electron chi connectivity index (χ1n) is 5.68. The fourth-order valence-electron chi connectivity index (χ4n) is 2.27. The van der Waals surface area contributed by atoms with Crippen LogP contribution >= 0.6 is 0 Å². The van der Waals surface area contributed by atoms with Crippen LogP contribution in [0.4, 0.5) is 0 Å². The van der Waals surface area contributed by atoms with E-state index in [4.69, 9.17) is 4.74 Å². The molecular weight excluding hydrogens is 162 g/mol. The van der Waals surface area contributed by atoms with Gasteiger partial charge in [0.25, 0.3) is 0 Å². The maximum atomic E-state index is 5.97. The minimum Gasteiger partial charge on any atom is -0.360 e. The van der Waals surface area contributed by atoms with Crippen molar-refractivity contribution in [1.82, 2.24) is 5.32 Å². The topological polar surface area (TPSA) is 21.3 Å². The molecule has 0 aromatic rings. The standard InChI is InChI=1S/C11H21NO/c1-3-11(4-2)12-7-10(8-13-11)9-5-6-9/h9-10,12H,3-8H2,1-2H3. The van der Waals surface area contributed by atoms with Gasteiger partial charge in [-0.2, -0.15) is 0 Å². The Bertz CT molecular complexity index is 163. The van der Waals surface area contributed by atoms with Gasteiger partial charge in [-0.05, 0) is 37.5 Å².